The van der Waals surface area contributed by atoms with E-state index in [9.17, 15) is 0 Å². The Morgan fingerprint density at radius 1 is 1.36 bits per heavy atom. The summed E-state index contributed by atoms with van der Waals surface area (Å²) >= 11 is 0. The van der Waals surface area contributed by atoms with Crippen LogP contribution in [0.4, 0.5) is 5.95 Å². The molecule has 0 radical (unpaired) electrons. The third-order valence-electron chi connectivity index (χ3n) is 2.22. The predicted molar refractivity (Wildman–Crippen MR) is 55.8 cm³/mol. The zero-order chi connectivity index (χ0) is 9.97. The quantitative estimate of drug-likeness (QED) is 0.760. The molecule has 0 fully saturated rings. The van der Waals surface area contributed by atoms with Crippen LogP contribution in [0.2, 0.25) is 0 Å². The Bertz CT molecular complexity index is 436. The maximum Gasteiger partial charge on any atom is 0.201 e. The second-order valence-corrected chi connectivity index (χ2v) is 3.19. The van der Waals surface area contributed by atoms with E-state index < -0.39 is 0 Å². The zero-order valence-electron chi connectivity index (χ0n) is 7.85. The molecule has 1 aromatic heterocycles. The number of nitrogens with two attached hydrogens (primary N) is 1. The van der Waals surface area contributed by atoms with Crippen LogP contribution in [0.15, 0.2) is 24.3 Å². The Morgan fingerprint density at radius 2 is 2.14 bits per heavy atom. The molecule has 14 heavy (non-hydrogen) atoms. The van der Waals surface area contributed by atoms with E-state index >= 15 is 0 Å². The Morgan fingerprint density at radius 3 is 2.93 bits per heavy atom. The largest absolute Gasteiger partial charge is 0.396 e. The third-order valence-corrected chi connectivity index (χ3v) is 2.22. The molecule has 0 saturated heterocycles. The highest BCUT2D eigenvalue weighted by atomic mass is 16.3. The highest BCUT2D eigenvalue weighted by molar-refractivity contribution is 5.78. The molecule has 1 heterocycles. The monoisotopic (exact) mass is 191 g/mol. The van der Waals surface area contributed by atoms with Crippen molar-refractivity contribution in [3.05, 3.63) is 24.3 Å². The molecule has 0 bridgehead atoms. The summed E-state index contributed by atoms with van der Waals surface area (Å²) < 4.78 is 1.92. The predicted octanol–water partition coefficient (Wildman–Crippen LogP) is 1.00. The molecule has 2 aromatic rings. The molecule has 3 N–H and O–H groups in total. The van der Waals surface area contributed by atoms with Crippen LogP contribution >= 0.6 is 0 Å². The summed E-state index contributed by atoms with van der Waals surface area (Å²) in [6.07, 6.45) is 0.699. The van der Waals surface area contributed by atoms with Crippen LogP contribution in [0.5, 0.6) is 0 Å². The molecule has 4 heteroatoms. The number of para-hydroxylation sites is 2. The average molecular weight is 191 g/mol. The fourth-order valence-corrected chi connectivity index (χ4v) is 1.56. The van der Waals surface area contributed by atoms with Crippen LogP contribution in [-0.4, -0.2) is 21.3 Å². The van der Waals surface area contributed by atoms with Gasteiger partial charge in [0.05, 0.1) is 11.0 Å². The van der Waals surface area contributed by atoms with Gasteiger partial charge in [0.2, 0.25) is 5.95 Å². The van der Waals surface area contributed by atoms with E-state index in [4.69, 9.17) is 10.8 Å². The molecule has 0 amide bonds. The summed E-state index contributed by atoms with van der Waals surface area (Å²) in [5.41, 5.74) is 7.70. The van der Waals surface area contributed by atoms with E-state index in [0.29, 0.717) is 18.9 Å². The first-order chi connectivity index (χ1) is 6.83. The van der Waals surface area contributed by atoms with Crippen LogP contribution < -0.4 is 5.73 Å². The van der Waals surface area contributed by atoms with E-state index in [1.165, 1.54) is 0 Å². The molecule has 0 aliphatic rings. The van der Waals surface area contributed by atoms with Crippen molar-refractivity contribution in [2.24, 2.45) is 0 Å². The second kappa shape index (κ2) is 3.67. The number of hydrogen-bond acceptors (Lipinski definition) is 3. The number of imidazole rings is 1. The molecule has 74 valence electrons. The van der Waals surface area contributed by atoms with Gasteiger partial charge in [-0.25, -0.2) is 4.98 Å². The summed E-state index contributed by atoms with van der Waals surface area (Å²) in [7, 11) is 0. The number of anilines is 1. The van der Waals surface area contributed by atoms with Crippen molar-refractivity contribution in [3.8, 4) is 0 Å². The first kappa shape index (κ1) is 9.02. The fraction of sp³-hybridized carbons (Fsp3) is 0.300. The fourth-order valence-electron chi connectivity index (χ4n) is 1.56. The van der Waals surface area contributed by atoms with Crippen LogP contribution in [-0.2, 0) is 6.54 Å². The third kappa shape index (κ3) is 1.44. The van der Waals surface area contributed by atoms with Gasteiger partial charge in [0.1, 0.15) is 0 Å². The SMILES string of the molecule is Nc1nc2ccccc2n1CCCO. The molecule has 0 saturated carbocycles. The molecule has 0 atom stereocenters. The molecule has 0 aliphatic carbocycles. The Kier molecular flexibility index (Phi) is 2.37. The summed E-state index contributed by atoms with van der Waals surface area (Å²) in [5.74, 6) is 0.514. The summed E-state index contributed by atoms with van der Waals surface area (Å²) in [6.45, 7) is 0.884. The number of rotatable bonds is 3. The van der Waals surface area contributed by atoms with Crippen molar-refractivity contribution in [3.63, 3.8) is 0 Å². The minimum Gasteiger partial charge on any atom is -0.396 e. The van der Waals surface area contributed by atoms with Crippen molar-refractivity contribution in [1.82, 2.24) is 9.55 Å². The van der Waals surface area contributed by atoms with Crippen LogP contribution in [0.25, 0.3) is 11.0 Å². The van der Waals surface area contributed by atoms with Crippen molar-refractivity contribution in [2.75, 3.05) is 12.3 Å². The lowest BCUT2D eigenvalue weighted by Gasteiger charge is -2.03. The topological polar surface area (TPSA) is 64.1 Å². The summed E-state index contributed by atoms with van der Waals surface area (Å²) in [4.78, 5) is 4.23. The standard InChI is InChI=1S/C10H13N3O/c11-10-12-8-4-1-2-5-9(8)13(10)6-3-7-14/h1-2,4-5,14H,3,6-7H2,(H2,11,12). The molecule has 0 spiro atoms. The van der Waals surface area contributed by atoms with E-state index in [-0.39, 0.29) is 6.61 Å². The van der Waals surface area contributed by atoms with Crippen molar-refractivity contribution >= 4 is 17.0 Å². The molecular weight excluding hydrogens is 178 g/mol. The lowest BCUT2D eigenvalue weighted by atomic mass is 10.3. The highest BCUT2D eigenvalue weighted by Gasteiger charge is 2.05. The number of aromatic nitrogens is 2. The zero-order valence-corrected chi connectivity index (χ0v) is 7.85. The Balaban J connectivity index is 2.45. The second-order valence-electron chi connectivity index (χ2n) is 3.19. The van der Waals surface area contributed by atoms with Gasteiger partial charge in [-0.2, -0.15) is 0 Å². The van der Waals surface area contributed by atoms with Gasteiger partial charge >= 0.3 is 0 Å². The van der Waals surface area contributed by atoms with Gasteiger partial charge in [-0.3, -0.25) is 0 Å². The minimum absolute atomic E-state index is 0.173. The lowest BCUT2D eigenvalue weighted by molar-refractivity contribution is 0.281. The van der Waals surface area contributed by atoms with Gasteiger partial charge in [0.15, 0.2) is 0 Å². The number of aliphatic hydroxyl groups is 1. The average Bonchev–Trinajstić information content (AvgIpc) is 2.51. The maximum atomic E-state index is 8.75. The van der Waals surface area contributed by atoms with Crippen LogP contribution in [0.1, 0.15) is 6.42 Å². The molecule has 1 aromatic carbocycles. The summed E-state index contributed by atoms with van der Waals surface area (Å²) in [6, 6.07) is 7.81. The lowest BCUT2D eigenvalue weighted by Crippen LogP contribution is -2.04. The number of hydrogen-bond donors (Lipinski definition) is 2. The van der Waals surface area contributed by atoms with Crippen LogP contribution in [0, 0.1) is 0 Å². The first-order valence-electron chi connectivity index (χ1n) is 4.64. The van der Waals surface area contributed by atoms with Gasteiger partial charge in [-0.15, -0.1) is 0 Å². The Labute approximate surface area is 82.0 Å². The number of nitrogen functional groups attached to an aromatic ring is 1. The van der Waals surface area contributed by atoms with E-state index in [1.807, 2.05) is 28.8 Å². The molecular formula is C10H13N3O. The maximum absolute atomic E-state index is 8.75. The molecule has 0 aliphatic heterocycles. The number of aliphatic hydroxyl groups excluding tert-OH is 1. The van der Waals surface area contributed by atoms with Gasteiger partial charge in [-0.1, -0.05) is 12.1 Å². The number of nitrogens with zero attached hydrogens (tertiary/aromatic N) is 2. The summed E-state index contributed by atoms with van der Waals surface area (Å²) in [5, 5.41) is 8.75. The minimum atomic E-state index is 0.173. The van der Waals surface area contributed by atoms with E-state index in [1.54, 1.807) is 0 Å². The van der Waals surface area contributed by atoms with Crippen LogP contribution in [0.3, 0.4) is 0 Å². The van der Waals surface area contributed by atoms with Gasteiger partial charge in [-0.05, 0) is 18.6 Å². The normalized spacial score (nSPS) is 10.9. The van der Waals surface area contributed by atoms with E-state index in [2.05, 4.69) is 4.98 Å². The highest BCUT2D eigenvalue weighted by Crippen LogP contribution is 2.17. The van der Waals surface area contributed by atoms with E-state index in [0.717, 1.165) is 11.0 Å². The van der Waals surface area contributed by atoms with Crippen molar-refractivity contribution < 1.29 is 5.11 Å². The molecule has 0 unspecified atom stereocenters. The van der Waals surface area contributed by atoms with Gasteiger partial charge in [0, 0.05) is 13.2 Å². The Hall–Kier alpha value is -1.55. The van der Waals surface area contributed by atoms with Gasteiger partial charge < -0.3 is 15.4 Å². The smallest absolute Gasteiger partial charge is 0.201 e. The number of aryl methyl sites for hydroxylation is 1. The van der Waals surface area contributed by atoms with Crippen molar-refractivity contribution in [1.29, 1.82) is 0 Å². The molecule has 2 rings (SSSR count). The molecule has 4 nitrogen and oxygen atoms in total. The first-order valence-corrected chi connectivity index (χ1v) is 4.64. The number of fused-ring (bicyclic) bond motifs is 1. The van der Waals surface area contributed by atoms with Gasteiger partial charge in [0.25, 0.3) is 0 Å². The van der Waals surface area contributed by atoms with Crippen molar-refractivity contribution in [2.45, 2.75) is 13.0 Å². The number of benzene rings is 1.